The summed E-state index contributed by atoms with van der Waals surface area (Å²) in [6.07, 6.45) is 2.44. The summed E-state index contributed by atoms with van der Waals surface area (Å²) >= 11 is 0. The minimum Gasteiger partial charge on any atom is -0.361 e. The first-order valence-corrected chi connectivity index (χ1v) is 5.87. The number of carbonyl (C=O) groups is 1. The number of hydrogen-bond donors (Lipinski definition) is 2. The van der Waals surface area contributed by atoms with E-state index in [-0.39, 0.29) is 11.8 Å². The van der Waals surface area contributed by atoms with Crippen LogP contribution in [0.25, 0.3) is 10.9 Å². The predicted octanol–water partition coefficient (Wildman–Crippen LogP) is 1.50. The van der Waals surface area contributed by atoms with E-state index in [4.69, 9.17) is 4.52 Å². The normalized spacial score (nSPS) is 10.8. The molecule has 3 aromatic rings. The number of benzene rings is 1. The van der Waals surface area contributed by atoms with Gasteiger partial charge in [0.15, 0.2) is 5.82 Å². The van der Waals surface area contributed by atoms with Crippen LogP contribution in [0.4, 0.5) is 0 Å². The Balaban J connectivity index is 1.89. The second-order valence-electron chi connectivity index (χ2n) is 4.13. The maximum atomic E-state index is 11.3. The molecule has 6 heteroatoms. The Morgan fingerprint density at radius 1 is 1.42 bits per heavy atom. The second kappa shape index (κ2) is 4.56. The highest BCUT2D eigenvalue weighted by Crippen LogP contribution is 2.19. The van der Waals surface area contributed by atoms with Crippen LogP contribution in [0.3, 0.4) is 0 Å². The van der Waals surface area contributed by atoms with Crippen molar-refractivity contribution in [1.29, 1.82) is 0 Å². The highest BCUT2D eigenvalue weighted by Gasteiger charge is 2.14. The van der Waals surface area contributed by atoms with Crippen LogP contribution >= 0.6 is 0 Å². The molecule has 0 aliphatic heterocycles. The molecule has 2 aromatic heterocycles. The summed E-state index contributed by atoms with van der Waals surface area (Å²) in [6.45, 7) is 0. The molecule has 0 saturated heterocycles. The zero-order valence-electron chi connectivity index (χ0n) is 10.3. The molecule has 0 aliphatic carbocycles. The van der Waals surface area contributed by atoms with Crippen LogP contribution in [-0.4, -0.2) is 28.1 Å². The largest absolute Gasteiger partial charge is 0.361 e. The van der Waals surface area contributed by atoms with E-state index in [1.165, 1.54) is 7.05 Å². The zero-order chi connectivity index (χ0) is 13.2. The molecular formula is C13H12N4O2. The molecule has 6 nitrogen and oxygen atoms in total. The van der Waals surface area contributed by atoms with Crippen LogP contribution in [-0.2, 0) is 6.42 Å². The van der Waals surface area contributed by atoms with Crippen LogP contribution in [0.1, 0.15) is 22.1 Å². The van der Waals surface area contributed by atoms with Crippen molar-refractivity contribution in [3.63, 3.8) is 0 Å². The Morgan fingerprint density at radius 2 is 2.26 bits per heavy atom. The van der Waals surface area contributed by atoms with Gasteiger partial charge >= 0.3 is 11.8 Å². The summed E-state index contributed by atoms with van der Waals surface area (Å²) < 4.78 is 4.89. The molecule has 0 aliphatic rings. The van der Waals surface area contributed by atoms with E-state index >= 15 is 0 Å². The van der Waals surface area contributed by atoms with Gasteiger partial charge in [-0.05, 0) is 11.6 Å². The van der Waals surface area contributed by atoms with Gasteiger partial charge in [-0.2, -0.15) is 4.98 Å². The molecule has 0 spiro atoms. The third kappa shape index (κ3) is 2.08. The first-order valence-electron chi connectivity index (χ1n) is 5.87. The summed E-state index contributed by atoms with van der Waals surface area (Å²) in [5.74, 6) is 0.0957. The van der Waals surface area contributed by atoms with E-state index in [0.29, 0.717) is 12.2 Å². The fraction of sp³-hybridized carbons (Fsp3) is 0.154. The number of fused-ring (bicyclic) bond motifs is 1. The molecule has 0 atom stereocenters. The minimum atomic E-state index is -0.377. The van der Waals surface area contributed by atoms with Crippen molar-refractivity contribution in [2.45, 2.75) is 6.42 Å². The zero-order valence-corrected chi connectivity index (χ0v) is 10.3. The van der Waals surface area contributed by atoms with Crippen LogP contribution < -0.4 is 5.32 Å². The average Bonchev–Trinajstić information content (AvgIpc) is 3.06. The lowest BCUT2D eigenvalue weighted by molar-refractivity contribution is 0.0919. The number of H-pyrrole nitrogens is 1. The predicted molar refractivity (Wildman–Crippen MR) is 68.8 cm³/mol. The van der Waals surface area contributed by atoms with Gasteiger partial charge in [0, 0.05) is 30.6 Å². The number of nitrogens with zero attached hydrogens (tertiary/aromatic N) is 2. The van der Waals surface area contributed by atoms with E-state index in [9.17, 15) is 4.79 Å². The number of amides is 1. The number of rotatable bonds is 3. The van der Waals surface area contributed by atoms with Crippen molar-refractivity contribution in [3.05, 3.63) is 47.7 Å². The van der Waals surface area contributed by atoms with E-state index in [1.54, 1.807) is 0 Å². The molecule has 19 heavy (non-hydrogen) atoms. The molecule has 0 unspecified atom stereocenters. The fourth-order valence-corrected chi connectivity index (χ4v) is 1.97. The topological polar surface area (TPSA) is 83.8 Å². The molecule has 96 valence electrons. The van der Waals surface area contributed by atoms with Crippen molar-refractivity contribution in [3.8, 4) is 0 Å². The van der Waals surface area contributed by atoms with E-state index in [1.807, 2.05) is 30.5 Å². The first-order chi connectivity index (χ1) is 9.28. The number of nitrogens with one attached hydrogen (secondary N) is 2. The lowest BCUT2D eigenvalue weighted by atomic mass is 10.1. The monoisotopic (exact) mass is 256 g/mol. The Kier molecular flexibility index (Phi) is 2.75. The fourth-order valence-electron chi connectivity index (χ4n) is 1.97. The molecule has 1 amide bonds. The van der Waals surface area contributed by atoms with Crippen LogP contribution in [0.15, 0.2) is 35.0 Å². The smallest absolute Gasteiger partial charge is 0.315 e. The molecule has 0 saturated carbocycles. The Labute approximate surface area is 108 Å². The van der Waals surface area contributed by atoms with Crippen LogP contribution in [0.5, 0.6) is 0 Å². The van der Waals surface area contributed by atoms with Gasteiger partial charge in [0.25, 0.3) is 0 Å². The number of aromatic amines is 1. The lowest BCUT2D eigenvalue weighted by Crippen LogP contribution is -2.18. The number of aromatic nitrogens is 3. The highest BCUT2D eigenvalue weighted by molar-refractivity contribution is 5.89. The SMILES string of the molecule is CNC(=O)c1nc(Cc2c[nH]c3ccccc23)no1. The molecule has 3 rings (SSSR count). The second-order valence-corrected chi connectivity index (χ2v) is 4.13. The third-order valence-corrected chi connectivity index (χ3v) is 2.91. The van der Waals surface area contributed by atoms with E-state index in [2.05, 4.69) is 20.4 Å². The van der Waals surface area contributed by atoms with Gasteiger partial charge in [0.2, 0.25) is 0 Å². The summed E-state index contributed by atoms with van der Waals surface area (Å²) in [6, 6.07) is 7.98. The van der Waals surface area contributed by atoms with Crippen molar-refractivity contribution in [2.75, 3.05) is 7.05 Å². The summed E-state index contributed by atoms with van der Waals surface area (Å²) in [4.78, 5) is 18.6. The molecule has 2 heterocycles. The van der Waals surface area contributed by atoms with Gasteiger partial charge in [-0.1, -0.05) is 23.4 Å². The standard InChI is InChI=1S/C13H12N4O2/c1-14-12(18)13-16-11(17-19-13)6-8-7-15-10-5-3-2-4-9(8)10/h2-5,7,15H,6H2,1H3,(H,14,18). The lowest BCUT2D eigenvalue weighted by Gasteiger charge is -1.93. The van der Waals surface area contributed by atoms with Crippen molar-refractivity contribution in [1.82, 2.24) is 20.4 Å². The van der Waals surface area contributed by atoms with Gasteiger partial charge in [-0.25, -0.2) is 0 Å². The van der Waals surface area contributed by atoms with Crippen LogP contribution in [0.2, 0.25) is 0 Å². The summed E-state index contributed by atoms with van der Waals surface area (Å²) in [5.41, 5.74) is 2.13. The Hall–Kier alpha value is -2.63. The number of hydrogen-bond acceptors (Lipinski definition) is 4. The quantitative estimate of drug-likeness (QED) is 0.743. The van der Waals surface area contributed by atoms with E-state index < -0.39 is 0 Å². The molecular weight excluding hydrogens is 244 g/mol. The maximum absolute atomic E-state index is 11.3. The van der Waals surface area contributed by atoms with Crippen molar-refractivity contribution in [2.24, 2.45) is 0 Å². The average molecular weight is 256 g/mol. The molecule has 2 N–H and O–H groups in total. The van der Waals surface area contributed by atoms with Gasteiger partial charge < -0.3 is 14.8 Å². The number of carbonyl (C=O) groups excluding carboxylic acids is 1. The van der Waals surface area contributed by atoms with Gasteiger partial charge in [-0.15, -0.1) is 0 Å². The summed E-state index contributed by atoms with van der Waals surface area (Å²) in [7, 11) is 1.52. The Bertz CT molecular complexity index is 729. The maximum Gasteiger partial charge on any atom is 0.315 e. The van der Waals surface area contributed by atoms with Gasteiger partial charge in [0.1, 0.15) is 0 Å². The van der Waals surface area contributed by atoms with Crippen LogP contribution in [0, 0.1) is 0 Å². The highest BCUT2D eigenvalue weighted by atomic mass is 16.5. The van der Waals surface area contributed by atoms with Crippen molar-refractivity contribution < 1.29 is 9.32 Å². The van der Waals surface area contributed by atoms with Crippen molar-refractivity contribution >= 4 is 16.8 Å². The van der Waals surface area contributed by atoms with Gasteiger partial charge in [-0.3, -0.25) is 4.79 Å². The number of para-hydroxylation sites is 1. The third-order valence-electron chi connectivity index (χ3n) is 2.91. The van der Waals surface area contributed by atoms with E-state index in [0.717, 1.165) is 16.5 Å². The Morgan fingerprint density at radius 3 is 3.11 bits per heavy atom. The molecule has 0 fully saturated rings. The van der Waals surface area contributed by atoms with Gasteiger partial charge in [0.05, 0.1) is 0 Å². The molecule has 0 bridgehead atoms. The molecule has 0 radical (unpaired) electrons. The summed E-state index contributed by atoms with van der Waals surface area (Å²) in [5, 5.41) is 7.37. The molecule has 1 aromatic carbocycles. The first kappa shape index (κ1) is 11.5. The minimum absolute atomic E-state index is 0.0164.